The lowest BCUT2D eigenvalue weighted by Crippen LogP contribution is -2.25. The van der Waals surface area contributed by atoms with E-state index in [2.05, 4.69) is 6.92 Å². The van der Waals surface area contributed by atoms with E-state index in [1.165, 1.54) is 25.7 Å². The predicted molar refractivity (Wildman–Crippen MR) is 51.2 cm³/mol. The van der Waals surface area contributed by atoms with Crippen LogP contribution in [0.25, 0.3) is 0 Å². The van der Waals surface area contributed by atoms with Gasteiger partial charge in [-0.25, -0.2) is 0 Å². The molecule has 3 heteroatoms. The summed E-state index contributed by atoms with van der Waals surface area (Å²) < 4.78 is 12.0. The second kappa shape index (κ2) is 3.09. The standard InChI is InChI=1S/C8H14OS2/c1-6-10-7-4-2-3-5-8(7)11(6)9/h6-8H,2-5H2,1H3/t6?,7-,8-,11?/m1/s1. The van der Waals surface area contributed by atoms with E-state index < -0.39 is 10.8 Å². The maximum atomic E-state index is 11.6. The van der Waals surface area contributed by atoms with E-state index in [9.17, 15) is 4.21 Å². The lowest BCUT2D eigenvalue weighted by Gasteiger charge is -2.21. The van der Waals surface area contributed by atoms with Gasteiger partial charge in [-0.3, -0.25) is 4.21 Å². The number of rotatable bonds is 0. The highest BCUT2D eigenvalue weighted by Gasteiger charge is 2.40. The second-order valence-corrected chi connectivity index (χ2v) is 7.25. The largest absolute Gasteiger partial charge is 0.258 e. The summed E-state index contributed by atoms with van der Waals surface area (Å²) in [5.74, 6) is 0. The molecule has 0 bridgehead atoms. The van der Waals surface area contributed by atoms with Crippen molar-refractivity contribution in [2.75, 3.05) is 0 Å². The highest BCUT2D eigenvalue weighted by Crippen LogP contribution is 2.42. The Kier molecular flexibility index (Phi) is 2.28. The van der Waals surface area contributed by atoms with Crippen molar-refractivity contribution in [1.29, 1.82) is 0 Å². The van der Waals surface area contributed by atoms with Gasteiger partial charge in [0.25, 0.3) is 0 Å². The van der Waals surface area contributed by atoms with Gasteiger partial charge in [-0.2, -0.15) is 0 Å². The quantitative estimate of drug-likeness (QED) is 0.582. The summed E-state index contributed by atoms with van der Waals surface area (Å²) in [5.41, 5.74) is 0. The molecule has 0 radical (unpaired) electrons. The lowest BCUT2D eigenvalue weighted by molar-refractivity contribution is 0.521. The molecule has 0 amide bonds. The van der Waals surface area contributed by atoms with Crippen LogP contribution in [0.5, 0.6) is 0 Å². The molecule has 1 aliphatic heterocycles. The molecule has 1 aliphatic carbocycles. The first-order chi connectivity index (χ1) is 5.29. The van der Waals surface area contributed by atoms with Crippen molar-refractivity contribution in [2.24, 2.45) is 0 Å². The van der Waals surface area contributed by atoms with Crippen LogP contribution in [0, 0.1) is 0 Å². The maximum absolute atomic E-state index is 11.6. The van der Waals surface area contributed by atoms with Crippen LogP contribution in [0.2, 0.25) is 0 Å². The van der Waals surface area contributed by atoms with Gasteiger partial charge < -0.3 is 0 Å². The Morgan fingerprint density at radius 1 is 1.36 bits per heavy atom. The maximum Gasteiger partial charge on any atom is 0.0779 e. The van der Waals surface area contributed by atoms with Crippen LogP contribution in [-0.2, 0) is 10.8 Å². The van der Waals surface area contributed by atoms with Crippen LogP contribution in [0.4, 0.5) is 0 Å². The summed E-state index contributed by atoms with van der Waals surface area (Å²) in [7, 11) is -0.521. The Bertz CT molecular complexity index is 181. The lowest BCUT2D eigenvalue weighted by atomic mass is 10.00. The summed E-state index contributed by atoms with van der Waals surface area (Å²) in [5, 5.41) is 1.28. The topological polar surface area (TPSA) is 17.1 Å². The van der Waals surface area contributed by atoms with Gasteiger partial charge in [0.1, 0.15) is 0 Å². The first-order valence-corrected chi connectivity index (χ1v) is 6.56. The van der Waals surface area contributed by atoms with Crippen molar-refractivity contribution in [2.45, 2.75) is 47.7 Å². The van der Waals surface area contributed by atoms with Crippen LogP contribution in [0.3, 0.4) is 0 Å². The highest BCUT2D eigenvalue weighted by atomic mass is 32.2. The molecule has 0 spiro atoms. The average Bonchev–Trinajstić information content (AvgIpc) is 2.30. The molecular weight excluding hydrogens is 176 g/mol. The molecule has 1 saturated heterocycles. The van der Waals surface area contributed by atoms with Crippen LogP contribution in [0.15, 0.2) is 0 Å². The molecule has 1 heterocycles. The summed E-state index contributed by atoms with van der Waals surface area (Å²) in [6.45, 7) is 2.11. The van der Waals surface area contributed by atoms with Crippen molar-refractivity contribution in [1.82, 2.24) is 0 Å². The molecule has 2 fully saturated rings. The van der Waals surface area contributed by atoms with Crippen molar-refractivity contribution in [3.63, 3.8) is 0 Å². The molecule has 1 nitrogen and oxygen atoms in total. The van der Waals surface area contributed by atoms with Crippen molar-refractivity contribution < 1.29 is 4.21 Å². The van der Waals surface area contributed by atoms with Crippen LogP contribution in [0.1, 0.15) is 32.6 Å². The molecule has 2 aliphatic rings. The molecule has 11 heavy (non-hydrogen) atoms. The SMILES string of the molecule is CC1S[C@@H]2CCCC[C@H]2S1=O. The van der Waals surface area contributed by atoms with Crippen molar-refractivity contribution in [3.8, 4) is 0 Å². The number of thioether (sulfide) groups is 1. The van der Waals surface area contributed by atoms with Crippen molar-refractivity contribution in [3.05, 3.63) is 0 Å². The predicted octanol–water partition coefficient (Wildman–Crippen LogP) is 2.14. The Hall–Kier alpha value is 0.500. The summed E-state index contributed by atoms with van der Waals surface area (Å²) in [6, 6.07) is 0. The zero-order valence-corrected chi connectivity index (χ0v) is 8.42. The van der Waals surface area contributed by atoms with Gasteiger partial charge in [-0.05, 0) is 19.8 Å². The Morgan fingerprint density at radius 2 is 2.09 bits per heavy atom. The third-order valence-corrected chi connectivity index (χ3v) is 6.82. The molecular formula is C8H14OS2. The minimum atomic E-state index is -0.521. The van der Waals surface area contributed by atoms with Crippen LogP contribution in [-0.4, -0.2) is 19.3 Å². The fourth-order valence-electron chi connectivity index (χ4n) is 2.03. The van der Waals surface area contributed by atoms with E-state index in [0.717, 1.165) is 5.25 Å². The third-order valence-electron chi connectivity index (χ3n) is 2.63. The smallest absolute Gasteiger partial charge is 0.0779 e. The molecule has 0 aromatic heterocycles. The van der Waals surface area contributed by atoms with Gasteiger partial charge in [0.2, 0.25) is 0 Å². The zero-order valence-electron chi connectivity index (χ0n) is 6.79. The molecule has 0 aromatic carbocycles. The summed E-state index contributed by atoms with van der Waals surface area (Å²) >= 11 is 1.96. The van der Waals surface area contributed by atoms with Crippen LogP contribution < -0.4 is 0 Å². The molecule has 1 saturated carbocycles. The monoisotopic (exact) mass is 190 g/mol. The Labute approximate surface area is 74.8 Å². The third kappa shape index (κ3) is 1.37. The van der Waals surface area contributed by atoms with Gasteiger partial charge in [-0.15, -0.1) is 11.8 Å². The zero-order chi connectivity index (χ0) is 7.84. The van der Waals surface area contributed by atoms with E-state index in [4.69, 9.17) is 0 Å². The first kappa shape index (κ1) is 8.11. The van der Waals surface area contributed by atoms with E-state index in [1.807, 2.05) is 11.8 Å². The molecule has 2 rings (SSSR count). The Morgan fingerprint density at radius 3 is 2.82 bits per heavy atom. The minimum absolute atomic E-state index is 0.406. The summed E-state index contributed by atoms with van der Waals surface area (Å²) in [6.07, 6.45) is 5.19. The molecule has 4 atom stereocenters. The molecule has 64 valence electrons. The molecule has 0 N–H and O–H groups in total. The molecule has 2 unspecified atom stereocenters. The average molecular weight is 190 g/mol. The van der Waals surface area contributed by atoms with Crippen molar-refractivity contribution >= 4 is 22.6 Å². The number of hydrogen-bond donors (Lipinski definition) is 0. The van der Waals surface area contributed by atoms with Gasteiger partial charge in [0, 0.05) is 21.3 Å². The molecule has 0 aromatic rings. The van der Waals surface area contributed by atoms with Gasteiger partial charge in [-0.1, -0.05) is 12.8 Å². The number of fused-ring (bicyclic) bond motifs is 1. The van der Waals surface area contributed by atoms with E-state index in [0.29, 0.717) is 9.83 Å². The first-order valence-electron chi connectivity index (χ1n) is 4.34. The second-order valence-electron chi connectivity index (χ2n) is 3.39. The number of hydrogen-bond acceptors (Lipinski definition) is 2. The normalized spacial score (nSPS) is 50.6. The van der Waals surface area contributed by atoms with Gasteiger partial charge in [0.05, 0.1) is 4.58 Å². The van der Waals surface area contributed by atoms with Gasteiger partial charge in [0.15, 0.2) is 0 Å². The fourth-order valence-corrected chi connectivity index (χ4v) is 6.28. The fraction of sp³-hybridized carbons (Fsp3) is 1.00. The highest BCUT2D eigenvalue weighted by molar-refractivity contribution is 8.15. The minimum Gasteiger partial charge on any atom is -0.258 e. The Balaban J connectivity index is 2.11. The summed E-state index contributed by atoms with van der Waals surface area (Å²) in [4.78, 5) is 0. The van der Waals surface area contributed by atoms with Gasteiger partial charge >= 0.3 is 0 Å². The van der Waals surface area contributed by atoms with E-state index in [-0.39, 0.29) is 0 Å². The van der Waals surface area contributed by atoms with E-state index >= 15 is 0 Å². The van der Waals surface area contributed by atoms with E-state index in [1.54, 1.807) is 0 Å². The van der Waals surface area contributed by atoms with Crippen LogP contribution >= 0.6 is 11.8 Å².